The summed E-state index contributed by atoms with van der Waals surface area (Å²) in [7, 11) is 0. The molecule has 0 unspecified atom stereocenters. The predicted molar refractivity (Wildman–Crippen MR) is 149 cm³/mol. The van der Waals surface area contributed by atoms with Gasteiger partial charge in [0.15, 0.2) is 5.82 Å². The first kappa shape index (κ1) is 23.2. The molecule has 0 radical (unpaired) electrons. The Morgan fingerprint density at radius 3 is 2.45 bits per heavy atom. The van der Waals surface area contributed by atoms with Crippen molar-refractivity contribution in [2.45, 2.75) is 45.2 Å². The van der Waals surface area contributed by atoms with Crippen LogP contribution in [0, 0.1) is 17.2 Å². The monoisotopic (exact) mass is 503 g/mol. The number of anilines is 1. The van der Waals surface area contributed by atoms with Crippen molar-refractivity contribution in [3.63, 3.8) is 0 Å². The lowest BCUT2D eigenvalue weighted by Gasteiger charge is -2.42. The van der Waals surface area contributed by atoms with Crippen LogP contribution in [0.1, 0.15) is 43.7 Å². The van der Waals surface area contributed by atoms with Gasteiger partial charge in [0.2, 0.25) is 0 Å². The normalized spacial score (nSPS) is 18.4. The van der Waals surface area contributed by atoms with E-state index in [0.717, 1.165) is 59.9 Å². The van der Waals surface area contributed by atoms with Crippen LogP contribution in [-0.2, 0) is 6.54 Å². The Morgan fingerprint density at radius 1 is 0.895 bits per heavy atom. The molecule has 2 aromatic heterocycles. The molecule has 5 heterocycles. The molecule has 4 aromatic rings. The molecule has 7 rings (SSSR count). The summed E-state index contributed by atoms with van der Waals surface area (Å²) in [5, 5.41) is 17.9. The van der Waals surface area contributed by atoms with Crippen LogP contribution in [0.4, 0.5) is 5.69 Å². The van der Waals surface area contributed by atoms with E-state index in [0.29, 0.717) is 5.56 Å². The Bertz CT molecular complexity index is 1490. The zero-order valence-corrected chi connectivity index (χ0v) is 21.9. The fraction of sp³-hybridized carbons (Fsp3) is 0.387. The number of aromatic nitrogens is 4. The van der Waals surface area contributed by atoms with Crippen molar-refractivity contribution in [3.8, 4) is 34.4 Å². The summed E-state index contributed by atoms with van der Waals surface area (Å²) in [5.74, 6) is 1.74. The molecule has 0 amide bonds. The molecule has 0 atom stereocenters. The van der Waals surface area contributed by atoms with Crippen molar-refractivity contribution >= 4 is 5.69 Å². The number of likely N-dealkylation sites (tertiary alicyclic amines) is 1. The predicted octanol–water partition coefficient (Wildman–Crippen LogP) is 5.34. The van der Waals surface area contributed by atoms with Gasteiger partial charge in [-0.2, -0.15) is 5.26 Å². The lowest BCUT2D eigenvalue weighted by Crippen LogP contribution is -2.47. The third kappa shape index (κ3) is 4.10. The van der Waals surface area contributed by atoms with Gasteiger partial charge in [-0.1, -0.05) is 19.1 Å². The Kier molecular flexibility index (Phi) is 5.78. The molecule has 3 aliphatic heterocycles. The van der Waals surface area contributed by atoms with Gasteiger partial charge in [0.1, 0.15) is 6.33 Å². The van der Waals surface area contributed by atoms with E-state index >= 15 is 0 Å². The minimum Gasteiger partial charge on any atom is -0.371 e. The molecular weight excluding hydrogens is 470 g/mol. The molecule has 0 aliphatic carbocycles. The van der Waals surface area contributed by atoms with Gasteiger partial charge < -0.3 is 14.4 Å². The average Bonchev–Trinajstić information content (AvgIpc) is 3.59. The fourth-order valence-corrected chi connectivity index (χ4v) is 6.51. The Morgan fingerprint density at radius 2 is 1.68 bits per heavy atom. The fourth-order valence-electron chi connectivity index (χ4n) is 6.51. The molecule has 0 N–H and O–H groups in total. The van der Waals surface area contributed by atoms with Crippen LogP contribution in [0.2, 0.25) is 0 Å². The highest BCUT2D eigenvalue weighted by Crippen LogP contribution is 2.35. The summed E-state index contributed by atoms with van der Waals surface area (Å²) >= 11 is 0. The molecular formula is C31H33N7. The van der Waals surface area contributed by atoms with Gasteiger partial charge >= 0.3 is 0 Å². The van der Waals surface area contributed by atoms with Gasteiger partial charge in [-0.05, 0) is 92.2 Å². The van der Waals surface area contributed by atoms with E-state index in [4.69, 9.17) is 5.26 Å². The molecule has 2 aromatic carbocycles. The number of hydrogen-bond donors (Lipinski definition) is 0. The average molecular weight is 504 g/mol. The number of nitrogens with zero attached hydrogens (tertiary/aromatic N) is 7. The second-order valence-corrected chi connectivity index (χ2v) is 11.2. The summed E-state index contributed by atoms with van der Waals surface area (Å²) in [6.45, 7) is 7.95. The second kappa shape index (κ2) is 9.45. The summed E-state index contributed by atoms with van der Waals surface area (Å²) in [6.07, 6.45) is 9.22. The number of piperidine rings is 2. The number of nitriles is 1. The molecule has 7 nitrogen and oxygen atoms in total. The quantitative estimate of drug-likeness (QED) is 0.333. The molecule has 7 heteroatoms. The molecule has 2 saturated heterocycles. The smallest absolute Gasteiger partial charge is 0.185 e. The summed E-state index contributed by atoms with van der Waals surface area (Å²) in [4.78, 5) is 5.32. The van der Waals surface area contributed by atoms with E-state index < -0.39 is 0 Å². The van der Waals surface area contributed by atoms with Crippen molar-refractivity contribution in [2.24, 2.45) is 5.92 Å². The number of fused-ring (bicyclic) bond motifs is 5. The topological polar surface area (TPSA) is 65.9 Å². The zero-order chi connectivity index (χ0) is 25.6. The highest BCUT2D eigenvalue weighted by molar-refractivity contribution is 5.72. The lowest BCUT2D eigenvalue weighted by molar-refractivity contribution is 0.120. The Balaban J connectivity index is 1.15. The highest BCUT2D eigenvalue weighted by Gasteiger charge is 2.28. The van der Waals surface area contributed by atoms with Crippen LogP contribution in [0.3, 0.4) is 0 Å². The minimum atomic E-state index is 0.672. The van der Waals surface area contributed by atoms with E-state index in [2.05, 4.69) is 72.6 Å². The number of hydrogen-bond acceptors (Lipinski definition) is 5. The van der Waals surface area contributed by atoms with Gasteiger partial charge in [-0.3, -0.25) is 4.57 Å². The summed E-state index contributed by atoms with van der Waals surface area (Å²) in [5.41, 5.74) is 7.67. The van der Waals surface area contributed by atoms with Crippen LogP contribution >= 0.6 is 0 Å². The molecule has 0 spiro atoms. The van der Waals surface area contributed by atoms with Crippen molar-refractivity contribution < 1.29 is 0 Å². The lowest BCUT2D eigenvalue weighted by atomic mass is 9.94. The van der Waals surface area contributed by atoms with Crippen molar-refractivity contribution in [3.05, 3.63) is 72.2 Å². The zero-order valence-electron chi connectivity index (χ0n) is 21.9. The van der Waals surface area contributed by atoms with Crippen molar-refractivity contribution in [2.75, 3.05) is 31.1 Å². The van der Waals surface area contributed by atoms with Crippen LogP contribution in [0.15, 0.2) is 61.1 Å². The summed E-state index contributed by atoms with van der Waals surface area (Å²) in [6, 6.07) is 19.8. The van der Waals surface area contributed by atoms with E-state index in [9.17, 15) is 0 Å². The molecule has 3 aliphatic rings. The van der Waals surface area contributed by atoms with Crippen molar-refractivity contribution in [1.29, 1.82) is 5.26 Å². The van der Waals surface area contributed by atoms with Crippen molar-refractivity contribution in [1.82, 2.24) is 24.2 Å². The van der Waals surface area contributed by atoms with Gasteiger partial charge in [-0.15, -0.1) is 10.2 Å². The standard InChI is InChI=1S/C31H33N7/c1-22-8-12-35(13-9-22)27-10-14-36(15-11-27)28-6-7-29-26(16-28)20-37-19-25(24-4-2-23(18-32)3-5-24)17-30(37)31-34-33-21-38(29)31/h2-7,16-17,19,21-22,27H,8-15,20H2,1H3. The molecule has 0 saturated carbocycles. The van der Waals surface area contributed by atoms with Crippen LogP contribution in [0.25, 0.3) is 28.3 Å². The van der Waals surface area contributed by atoms with Gasteiger partial charge in [0.25, 0.3) is 0 Å². The van der Waals surface area contributed by atoms with E-state index in [1.807, 2.05) is 30.6 Å². The maximum atomic E-state index is 9.16. The Labute approximate surface area is 223 Å². The first-order valence-electron chi connectivity index (χ1n) is 13.9. The minimum absolute atomic E-state index is 0.672. The maximum Gasteiger partial charge on any atom is 0.185 e. The molecule has 192 valence electrons. The first-order chi connectivity index (χ1) is 18.7. The third-order valence-corrected chi connectivity index (χ3v) is 8.85. The van der Waals surface area contributed by atoms with Crippen LogP contribution < -0.4 is 4.90 Å². The Hall–Kier alpha value is -3.89. The van der Waals surface area contributed by atoms with E-state index in [-0.39, 0.29) is 0 Å². The highest BCUT2D eigenvalue weighted by atomic mass is 15.3. The first-order valence-corrected chi connectivity index (χ1v) is 13.9. The SMILES string of the molecule is CC1CCN(C2CCN(c3ccc4c(c3)Cn3cc(-c5ccc(C#N)cc5)cc3-c3nncn3-4)CC2)CC1. The molecule has 38 heavy (non-hydrogen) atoms. The van der Waals surface area contributed by atoms with Gasteiger partial charge in [-0.25, -0.2) is 0 Å². The van der Waals surface area contributed by atoms with Crippen LogP contribution in [-0.4, -0.2) is 56.5 Å². The van der Waals surface area contributed by atoms with Gasteiger partial charge in [0.05, 0.1) is 23.0 Å². The molecule has 2 fully saturated rings. The van der Waals surface area contributed by atoms with E-state index in [1.165, 1.54) is 50.0 Å². The summed E-state index contributed by atoms with van der Waals surface area (Å²) < 4.78 is 4.40. The number of benzene rings is 2. The van der Waals surface area contributed by atoms with Gasteiger partial charge in [0, 0.05) is 43.1 Å². The largest absolute Gasteiger partial charge is 0.371 e. The third-order valence-electron chi connectivity index (χ3n) is 8.85. The van der Waals surface area contributed by atoms with E-state index in [1.54, 1.807) is 0 Å². The van der Waals surface area contributed by atoms with Crippen LogP contribution in [0.5, 0.6) is 0 Å². The number of rotatable bonds is 3. The molecule has 0 bridgehead atoms. The second-order valence-electron chi connectivity index (χ2n) is 11.2. The maximum absolute atomic E-state index is 9.16.